The van der Waals surface area contributed by atoms with Crippen molar-refractivity contribution in [2.45, 2.75) is 32.9 Å². The molecule has 0 fully saturated rings. The lowest BCUT2D eigenvalue weighted by Gasteiger charge is -2.18. The first-order valence-corrected chi connectivity index (χ1v) is 8.69. The van der Waals surface area contributed by atoms with Gasteiger partial charge in [-0.25, -0.2) is 0 Å². The van der Waals surface area contributed by atoms with Crippen LogP contribution in [-0.4, -0.2) is 23.6 Å². The van der Waals surface area contributed by atoms with Gasteiger partial charge in [-0.15, -0.1) is 0 Å². The largest absolute Gasteiger partial charge is 0.465 e. The third kappa shape index (κ3) is 4.09. The van der Waals surface area contributed by atoms with Crippen LogP contribution in [0, 0.1) is 6.92 Å². The van der Waals surface area contributed by atoms with E-state index in [-0.39, 0.29) is 12.0 Å². The number of nitrogens with one attached hydrogen (secondary N) is 2. The Morgan fingerprint density at radius 3 is 2.60 bits per heavy atom. The molecule has 0 saturated carbocycles. The second-order valence-electron chi connectivity index (χ2n) is 6.15. The molecular formula is C21H24N2O2. The topological polar surface area (TPSA) is 54.1 Å². The van der Waals surface area contributed by atoms with Gasteiger partial charge in [0.15, 0.2) is 0 Å². The summed E-state index contributed by atoms with van der Waals surface area (Å²) in [5, 5.41) is 4.53. The molecule has 3 rings (SSSR count). The normalized spacial score (nSPS) is 12.2. The Morgan fingerprint density at radius 2 is 1.84 bits per heavy atom. The molecule has 4 nitrogen and oxygen atoms in total. The summed E-state index contributed by atoms with van der Waals surface area (Å²) < 4.78 is 5.28. The van der Waals surface area contributed by atoms with Gasteiger partial charge in [0, 0.05) is 29.6 Å². The fraction of sp³-hybridized carbons (Fsp3) is 0.286. The first-order chi connectivity index (χ1) is 12.2. The third-order valence-corrected chi connectivity index (χ3v) is 4.40. The van der Waals surface area contributed by atoms with Crippen LogP contribution in [0.1, 0.15) is 23.7 Å². The number of aromatic amines is 1. The highest BCUT2D eigenvalue weighted by molar-refractivity contribution is 5.86. The number of rotatable bonds is 7. The zero-order chi connectivity index (χ0) is 17.6. The van der Waals surface area contributed by atoms with E-state index in [1.54, 1.807) is 0 Å². The van der Waals surface area contributed by atoms with Crippen LogP contribution in [0.25, 0.3) is 10.9 Å². The summed E-state index contributed by atoms with van der Waals surface area (Å²) in [4.78, 5) is 15.8. The highest BCUT2D eigenvalue weighted by atomic mass is 16.5. The maximum atomic E-state index is 12.4. The summed E-state index contributed by atoms with van der Waals surface area (Å²) in [5.41, 5.74) is 4.50. The number of hydrogen-bond acceptors (Lipinski definition) is 3. The Morgan fingerprint density at radius 1 is 1.12 bits per heavy atom. The Kier molecular flexibility index (Phi) is 5.51. The Bertz CT molecular complexity index is 839. The summed E-state index contributed by atoms with van der Waals surface area (Å²) in [6.45, 7) is 4.90. The van der Waals surface area contributed by atoms with Gasteiger partial charge in [-0.3, -0.25) is 4.79 Å². The number of H-pyrrole nitrogens is 1. The van der Waals surface area contributed by atoms with Crippen LogP contribution in [0.2, 0.25) is 0 Å². The van der Waals surface area contributed by atoms with Crippen molar-refractivity contribution in [3.63, 3.8) is 0 Å². The van der Waals surface area contributed by atoms with Crippen LogP contribution in [-0.2, 0) is 22.5 Å². The fourth-order valence-corrected chi connectivity index (χ4v) is 3.12. The molecule has 130 valence electrons. The number of benzene rings is 2. The SMILES string of the molecule is CCOC(=O)[C@H](Cc1c(C)[nH]c2ccccc12)NCc1ccccc1. The van der Waals surface area contributed by atoms with Crippen LogP contribution in [0.15, 0.2) is 54.6 Å². The Labute approximate surface area is 148 Å². The maximum absolute atomic E-state index is 12.4. The van der Waals surface area contributed by atoms with Gasteiger partial charge in [-0.1, -0.05) is 48.5 Å². The van der Waals surface area contributed by atoms with Gasteiger partial charge in [-0.2, -0.15) is 0 Å². The van der Waals surface area contributed by atoms with Crippen LogP contribution < -0.4 is 5.32 Å². The van der Waals surface area contributed by atoms with Gasteiger partial charge in [0.05, 0.1) is 6.61 Å². The van der Waals surface area contributed by atoms with Crippen molar-refractivity contribution in [2.24, 2.45) is 0 Å². The van der Waals surface area contributed by atoms with E-state index in [1.165, 1.54) is 0 Å². The predicted octanol–water partition coefficient (Wildman–Crippen LogP) is 3.74. The van der Waals surface area contributed by atoms with E-state index in [0.29, 0.717) is 19.6 Å². The van der Waals surface area contributed by atoms with E-state index in [2.05, 4.69) is 29.4 Å². The predicted molar refractivity (Wildman–Crippen MR) is 100 cm³/mol. The standard InChI is InChI=1S/C21H24N2O2/c1-3-25-21(24)20(22-14-16-9-5-4-6-10-16)13-18-15(2)23-19-12-8-7-11-17(18)19/h4-12,20,22-23H,3,13-14H2,1-2H3/t20-/m0/s1. The van der Waals surface area contributed by atoms with E-state index < -0.39 is 0 Å². The molecule has 0 radical (unpaired) electrons. The number of carbonyl (C=O) groups is 1. The number of carbonyl (C=O) groups excluding carboxylic acids is 1. The van der Waals surface area contributed by atoms with Gasteiger partial charge in [0.25, 0.3) is 0 Å². The quantitative estimate of drug-likeness (QED) is 0.646. The molecule has 0 bridgehead atoms. The average Bonchev–Trinajstić information content (AvgIpc) is 2.95. The van der Waals surface area contributed by atoms with Crippen molar-refractivity contribution in [2.75, 3.05) is 6.61 Å². The number of fused-ring (bicyclic) bond motifs is 1. The zero-order valence-corrected chi connectivity index (χ0v) is 14.7. The molecule has 0 aliphatic rings. The highest BCUT2D eigenvalue weighted by Crippen LogP contribution is 2.23. The highest BCUT2D eigenvalue weighted by Gasteiger charge is 2.22. The third-order valence-electron chi connectivity index (χ3n) is 4.40. The van der Waals surface area contributed by atoms with Crippen molar-refractivity contribution in [3.05, 3.63) is 71.4 Å². The summed E-state index contributed by atoms with van der Waals surface area (Å²) in [6.07, 6.45) is 0.599. The number of esters is 1. The van der Waals surface area contributed by atoms with Crippen molar-refractivity contribution in [1.29, 1.82) is 0 Å². The fourth-order valence-electron chi connectivity index (χ4n) is 3.12. The van der Waals surface area contributed by atoms with E-state index in [0.717, 1.165) is 27.7 Å². The summed E-state index contributed by atoms with van der Waals surface area (Å²) in [7, 11) is 0. The zero-order valence-electron chi connectivity index (χ0n) is 14.7. The van der Waals surface area contributed by atoms with Crippen LogP contribution in [0.5, 0.6) is 0 Å². The number of hydrogen-bond donors (Lipinski definition) is 2. The lowest BCUT2D eigenvalue weighted by Crippen LogP contribution is -2.39. The summed E-state index contributed by atoms with van der Waals surface area (Å²) in [5.74, 6) is -0.205. The smallest absolute Gasteiger partial charge is 0.323 e. The molecule has 2 N–H and O–H groups in total. The molecule has 2 aromatic carbocycles. The molecular weight excluding hydrogens is 312 g/mol. The minimum Gasteiger partial charge on any atom is -0.465 e. The second kappa shape index (κ2) is 7.99. The van der Waals surface area contributed by atoms with Crippen LogP contribution in [0.3, 0.4) is 0 Å². The summed E-state index contributed by atoms with van der Waals surface area (Å²) >= 11 is 0. The van der Waals surface area contributed by atoms with E-state index in [9.17, 15) is 4.79 Å². The van der Waals surface area contributed by atoms with E-state index in [1.807, 2.05) is 49.4 Å². The molecule has 1 aromatic heterocycles. The molecule has 4 heteroatoms. The molecule has 0 amide bonds. The Hall–Kier alpha value is -2.59. The molecule has 0 aliphatic heterocycles. The first kappa shape index (κ1) is 17.2. The molecule has 1 heterocycles. The van der Waals surface area contributed by atoms with Crippen molar-refractivity contribution in [1.82, 2.24) is 10.3 Å². The lowest BCUT2D eigenvalue weighted by molar-refractivity contribution is -0.145. The second-order valence-corrected chi connectivity index (χ2v) is 6.15. The molecule has 0 saturated heterocycles. The van der Waals surface area contributed by atoms with Crippen molar-refractivity contribution < 1.29 is 9.53 Å². The number of aromatic nitrogens is 1. The molecule has 0 spiro atoms. The molecule has 1 atom stereocenters. The number of para-hydroxylation sites is 1. The molecule has 3 aromatic rings. The van der Waals surface area contributed by atoms with Gasteiger partial charge in [0.2, 0.25) is 0 Å². The minimum atomic E-state index is -0.377. The summed E-state index contributed by atoms with van der Waals surface area (Å²) in [6, 6.07) is 17.9. The molecule has 0 aliphatic carbocycles. The Balaban J connectivity index is 1.81. The van der Waals surface area contributed by atoms with E-state index in [4.69, 9.17) is 4.74 Å². The van der Waals surface area contributed by atoms with Gasteiger partial charge < -0.3 is 15.0 Å². The van der Waals surface area contributed by atoms with E-state index >= 15 is 0 Å². The monoisotopic (exact) mass is 336 g/mol. The maximum Gasteiger partial charge on any atom is 0.323 e. The van der Waals surface area contributed by atoms with Gasteiger partial charge in [-0.05, 0) is 31.0 Å². The molecule has 25 heavy (non-hydrogen) atoms. The average molecular weight is 336 g/mol. The number of aryl methyl sites for hydroxylation is 1. The van der Waals surface area contributed by atoms with Gasteiger partial charge in [0.1, 0.15) is 6.04 Å². The van der Waals surface area contributed by atoms with Crippen molar-refractivity contribution >= 4 is 16.9 Å². The van der Waals surface area contributed by atoms with Gasteiger partial charge >= 0.3 is 5.97 Å². The minimum absolute atomic E-state index is 0.205. The van der Waals surface area contributed by atoms with Crippen LogP contribution in [0.4, 0.5) is 0 Å². The lowest BCUT2D eigenvalue weighted by atomic mass is 10.0. The number of ether oxygens (including phenoxy) is 1. The first-order valence-electron chi connectivity index (χ1n) is 8.69. The van der Waals surface area contributed by atoms with Crippen LogP contribution >= 0.6 is 0 Å². The van der Waals surface area contributed by atoms with Crippen molar-refractivity contribution in [3.8, 4) is 0 Å². The molecule has 0 unspecified atom stereocenters.